The molecule has 1 heterocycles. The Labute approximate surface area is 185 Å². The van der Waals surface area contributed by atoms with Crippen molar-refractivity contribution in [3.8, 4) is 0 Å². The van der Waals surface area contributed by atoms with Crippen molar-refractivity contribution in [3.63, 3.8) is 0 Å². The number of halogens is 5. The summed E-state index contributed by atoms with van der Waals surface area (Å²) in [6.45, 7) is 3.76. The number of hydrogen-bond acceptors (Lipinski definition) is 4. The van der Waals surface area contributed by atoms with E-state index in [-0.39, 0.29) is 62.0 Å². The number of hydrogen-bond donors (Lipinski definition) is 4. The van der Waals surface area contributed by atoms with Gasteiger partial charge in [-0.1, -0.05) is 0 Å². The predicted molar refractivity (Wildman–Crippen MR) is 111 cm³/mol. The predicted octanol–water partition coefficient (Wildman–Crippen LogP) is 3.49. The van der Waals surface area contributed by atoms with E-state index in [1.807, 2.05) is 13.8 Å². The van der Waals surface area contributed by atoms with Crippen LogP contribution in [0.5, 0.6) is 0 Å². The van der Waals surface area contributed by atoms with Crippen molar-refractivity contribution in [2.75, 3.05) is 0 Å². The fourth-order valence-electron chi connectivity index (χ4n) is 4.95. The molecular weight excluding hydrogens is 433 g/mol. The molecule has 32 heavy (non-hydrogen) atoms. The Bertz CT molecular complexity index is 655. The van der Waals surface area contributed by atoms with Gasteiger partial charge < -0.3 is 5.32 Å². The summed E-state index contributed by atoms with van der Waals surface area (Å²) in [4.78, 5) is 17.2. The Hall–Kier alpha value is -1.49. The van der Waals surface area contributed by atoms with E-state index in [1.54, 1.807) is 0 Å². The van der Waals surface area contributed by atoms with Gasteiger partial charge in [0.1, 0.15) is 18.5 Å². The lowest BCUT2D eigenvalue weighted by atomic mass is 9.81. The molecule has 2 aliphatic carbocycles. The molecule has 2 saturated carbocycles. The summed E-state index contributed by atoms with van der Waals surface area (Å²) < 4.78 is 66.2. The maximum atomic E-state index is 13.8. The van der Waals surface area contributed by atoms with Gasteiger partial charge in [-0.25, -0.2) is 19.2 Å². The molecule has 6 nitrogen and oxygen atoms in total. The van der Waals surface area contributed by atoms with E-state index in [4.69, 9.17) is 0 Å². The van der Waals surface area contributed by atoms with Crippen molar-refractivity contribution in [2.24, 2.45) is 22.7 Å². The van der Waals surface area contributed by atoms with Gasteiger partial charge in [0, 0.05) is 30.8 Å². The van der Waals surface area contributed by atoms with Crippen molar-refractivity contribution in [3.05, 3.63) is 0 Å². The molecule has 3 fully saturated rings. The van der Waals surface area contributed by atoms with Crippen LogP contribution in [0.1, 0.15) is 65.2 Å². The van der Waals surface area contributed by atoms with Crippen LogP contribution >= 0.6 is 0 Å². The number of hydrazine groups is 1. The molecule has 1 saturated heterocycles. The first-order valence-electron chi connectivity index (χ1n) is 11.5. The van der Waals surface area contributed by atoms with E-state index in [0.29, 0.717) is 19.3 Å². The lowest BCUT2D eigenvalue weighted by Crippen LogP contribution is -2.48. The topological polar surface area (TPSA) is 77.6 Å². The van der Waals surface area contributed by atoms with Gasteiger partial charge in [0.2, 0.25) is 5.91 Å². The van der Waals surface area contributed by atoms with Crippen molar-refractivity contribution in [2.45, 2.75) is 102 Å². The number of rotatable bonds is 4. The Morgan fingerprint density at radius 1 is 0.969 bits per heavy atom. The SMILES string of the molecule is CC(C)N/C(=N\C1CC(C2CC(F)CC(F)C2)NN1)NC(=O)C1CCC(C(F)(F)F)CC1. The van der Waals surface area contributed by atoms with E-state index in [1.165, 1.54) is 0 Å². The zero-order valence-electron chi connectivity index (χ0n) is 18.5. The summed E-state index contributed by atoms with van der Waals surface area (Å²) >= 11 is 0. The van der Waals surface area contributed by atoms with E-state index in [9.17, 15) is 26.7 Å². The first kappa shape index (κ1) is 25.1. The monoisotopic (exact) mass is 467 g/mol. The lowest BCUT2D eigenvalue weighted by molar-refractivity contribution is -0.184. The van der Waals surface area contributed by atoms with Crippen LogP contribution in [-0.4, -0.2) is 48.6 Å². The molecule has 0 aromatic carbocycles. The molecule has 4 N–H and O–H groups in total. The molecule has 0 aromatic rings. The third-order valence-electron chi connectivity index (χ3n) is 6.62. The molecule has 11 heteroatoms. The number of nitrogens with zero attached hydrogens (tertiary/aromatic N) is 1. The molecule has 1 aliphatic heterocycles. The van der Waals surface area contributed by atoms with Gasteiger partial charge in [-0.15, -0.1) is 0 Å². The smallest absolute Gasteiger partial charge is 0.354 e. The van der Waals surface area contributed by atoms with Gasteiger partial charge >= 0.3 is 6.18 Å². The summed E-state index contributed by atoms with van der Waals surface area (Å²) in [7, 11) is 0. The second kappa shape index (κ2) is 10.6. The van der Waals surface area contributed by atoms with Gasteiger partial charge in [0.25, 0.3) is 0 Å². The minimum atomic E-state index is -4.21. The standard InChI is InChI=1S/C21H34F5N5O/c1-11(2)27-20(29-19(32)12-3-5-14(6-4-12)21(24,25)26)28-18-10-17(30-31-18)13-7-15(22)9-16(23)8-13/h11-18,30-31H,3-10H2,1-2H3,(H2,27,28,29,32). The molecular formula is C21H34F5N5O. The summed E-state index contributed by atoms with van der Waals surface area (Å²) in [5.41, 5.74) is 6.09. The zero-order chi connectivity index (χ0) is 23.5. The van der Waals surface area contributed by atoms with Crippen LogP contribution in [0.3, 0.4) is 0 Å². The summed E-state index contributed by atoms with van der Waals surface area (Å²) in [5.74, 6) is -2.06. The average Bonchev–Trinajstić information content (AvgIpc) is 3.14. The van der Waals surface area contributed by atoms with Crippen LogP contribution in [-0.2, 0) is 4.79 Å². The molecule has 0 bridgehead atoms. The van der Waals surface area contributed by atoms with Crippen LogP contribution in [0, 0.1) is 17.8 Å². The molecule has 1 amide bonds. The minimum absolute atomic E-state index is 0.0295. The van der Waals surface area contributed by atoms with E-state index >= 15 is 0 Å². The second-order valence-electron chi connectivity index (χ2n) is 9.66. The molecule has 0 radical (unpaired) electrons. The fourth-order valence-corrected chi connectivity index (χ4v) is 4.95. The second-order valence-corrected chi connectivity index (χ2v) is 9.66. The van der Waals surface area contributed by atoms with Crippen molar-refractivity contribution in [1.29, 1.82) is 0 Å². The molecule has 4 atom stereocenters. The number of aliphatic imine (C=N–C) groups is 1. The van der Waals surface area contributed by atoms with E-state index in [0.717, 1.165) is 0 Å². The van der Waals surface area contributed by atoms with Crippen LogP contribution in [0.15, 0.2) is 4.99 Å². The van der Waals surface area contributed by atoms with Crippen LogP contribution < -0.4 is 21.5 Å². The number of carbonyl (C=O) groups is 1. The van der Waals surface area contributed by atoms with Crippen LogP contribution in [0.4, 0.5) is 22.0 Å². The van der Waals surface area contributed by atoms with Gasteiger partial charge in [-0.05, 0) is 58.3 Å². The number of carbonyl (C=O) groups excluding carboxylic acids is 1. The Morgan fingerprint density at radius 2 is 1.59 bits per heavy atom. The highest BCUT2D eigenvalue weighted by atomic mass is 19.4. The number of amides is 1. The van der Waals surface area contributed by atoms with Gasteiger partial charge in [0.15, 0.2) is 5.96 Å². The normalized spacial score (nSPS) is 36.9. The first-order valence-corrected chi connectivity index (χ1v) is 11.5. The highest BCUT2D eigenvalue weighted by Crippen LogP contribution is 2.39. The molecule has 184 valence electrons. The van der Waals surface area contributed by atoms with Crippen molar-refractivity contribution >= 4 is 11.9 Å². The van der Waals surface area contributed by atoms with Crippen molar-refractivity contribution in [1.82, 2.24) is 21.5 Å². The maximum absolute atomic E-state index is 13.8. The first-order chi connectivity index (χ1) is 15.0. The quantitative estimate of drug-likeness (QED) is 0.290. The Morgan fingerprint density at radius 3 is 2.16 bits per heavy atom. The highest BCUT2D eigenvalue weighted by Gasteiger charge is 2.42. The minimum Gasteiger partial charge on any atom is -0.354 e. The Balaban J connectivity index is 1.56. The summed E-state index contributed by atoms with van der Waals surface area (Å²) in [6, 6.07) is -0.160. The molecule has 4 unspecified atom stereocenters. The van der Waals surface area contributed by atoms with Crippen molar-refractivity contribution < 1.29 is 26.7 Å². The highest BCUT2D eigenvalue weighted by molar-refractivity contribution is 5.98. The van der Waals surface area contributed by atoms with Gasteiger partial charge in [0.05, 0.1) is 5.92 Å². The molecule has 3 rings (SSSR count). The molecule has 0 aromatic heterocycles. The fraction of sp³-hybridized carbons (Fsp3) is 0.905. The molecule has 3 aliphatic rings. The maximum Gasteiger partial charge on any atom is 0.391 e. The summed E-state index contributed by atoms with van der Waals surface area (Å²) in [6.07, 6.45) is -5.53. The van der Waals surface area contributed by atoms with E-state index < -0.39 is 36.5 Å². The van der Waals surface area contributed by atoms with Crippen LogP contribution in [0.2, 0.25) is 0 Å². The van der Waals surface area contributed by atoms with E-state index in [2.05, 4.69) is 26.5 Å². The number of nitrogens with one attached hydrogen (secondary N) is 4. The number of alkyl halides is 5. The lowest BCUT2D eigenvalue weighted by Gasteiger charge is -2.31. The third kappa shape index (κ3) is 7.00. The third-order valence-corrected chi connectivity index (χ3v) is 6.62. The largest absolute Gasteiger partial charge is 0.391 e. The zero-order valence-corrected chi connectivity index (χ0v) is 18.5. The Kier molecular flexibility index (Phi) is 8.35. The molecule has 0 spiro atoms. The van der Waals surface area contributed by atoms with Crippen LogP contribution in [0.25, 0.3) is 0 Å². The summed E-state index contributed by atoms with van der Waals surface area (Å²) in [5, 5.41) is 5.81. The number of guanidine groups is 1. The van der Waals surface area contributed by atoms with Gasteiger partial charge in [-0.3, -0.25) is 15.5 Å². The average molecular weight is 468 g/mol. The van der Waals surface area contributed by atoms with Gasteiger partial charge in [-0.2, -0.15) is 13.2 Å².